The first-order chi connectivity index (χ1) is 16.5. The summed E-state index contributed by atoms with van der Waals surface area (Å²) in [5.41, 5.74) is 1.43. The fourth-order valence-electron chi connectivity index (χ4n) is 2.99. The molecule has 3 heterocycles. The Hall–Kier alpha value is -3.13. The van der Waals surface area contributed by atoms with Gasteiger partial charge < -0.3 is 10.2 Å². The Morgan fingerprint density at radius 3 is 2.32 bits per heavy atom. The van der Waals surface area contributed by atoms with Crippen LogP contribution in [0.3, 0.4) is 0 Å². The summed E-state index contributed by atoms with van der Waals surface area (Å²) in [5, 5.41) is 3.10. The van der Waals surface area contributed by atoms with E-state index >= 15 is 0 Å². The molecule has 1 amide bonds. The van der Waals surface area contributed by atoms with Crippen LogP contribution < -0.4 is 10.2 Å². The number of rotatable bonds is 4. The molecule has 0 aliphatic carbocycles. The Kier molecular flexibility index (Phi) is 12.7. The van der Waals surface area contributed by atoms with Gasteiger partial charge in [0.1, 0.15) is 11.6 Å². The van der Waals surface area contributed by atoms with Gasteiger partial charge in [-0.15, -0.1) is 0 Å². The molecule has 1 N–H and O–H groups in total. The summed E-state index contributed by atoms with van der Waals surface area (Å²) in [7, 11) is 0. The zero-order chi connectivity index (χ0) is 25.7. The highest BCUT2D eigenvalue weighted by Crippen LogP contribution is 2.30. The van der Waals surface area contributed by atoms with E-state index in [-0.39, 0.29) is 28.1 Å². The molecule has 34 heavy (non-hydrogen) atoms. The normalized spacial score (nSPS) is 11.9. The second-order valence-corrected chi connectivity index (χ2v) is 6.63. The van der Waals surface area contributed by atoms with Crippen molar-refractivity contribution in [3.05, 3.63) is 59.5 Å². The van der Waals surface area contributed by atoms with Crippen LogP contribution >= 0.6 is 11.6 Å². The van der Waals surface area contributed by atoms with Crippen LogP contribution in [-0.2, 0) is 4.79 Å². The van der Waals surface area contributed by atoms with Crippen LogP contribution in [0, 0.1) is 11.6 Å². The highest BCUT2D eigenvalue weighted by molar-refractivity contribution is 6.32. The van der Waals surface area contributed by atoms with Crippen LogP contribution in [-0.4, -0.2) is 27.4 Å². The molecule has 1 fully saturated rings. The number of carbonyl (C=O) groups is 1. The van der Waals surface area contributed by atoms with Crippen LogP contribution in [0.15, 0.2) is 42.9 Å². The number of halogens is 3. The predicted molar refractivity (Wildman–Crippen MR) is 136 cm³/mol. The van der Waals surface area contributed by atoms with Crippen molar-refractivity contribution in [2.45, 2.75) is 54.4 Å². The number of aromatic nitrogens is 3. The summed E-state index contributed by atoms with van der Waals surface area (Å²) in [6, 6.07) is 4.92. The van der Waals surface area contributed by atoms with E-state index in [9.17, 15) is 13.6 Å². The first-order valence-corrected chi connectivity index (χ1v) is 11.9. The fourth-order valence-corrected chi connectivity index (χ4v) is 3.18. The van der Waals surface area contributed by atoms with Crippen molar-refractivity contribution < 1.29 is 13.6 Å². The zero-order valence-corrected chi connectivity index (χ0v) is 21.2. The van der Waals surface area contributed by atoms with Crippen LogP contribution in [0.2, 0.25) is 5.02 Å². The minimum atomic E-state index is -0.775. The average molecular weight is 492 g/mol. The van der Waals surface area contributed by atoms with Gasteiger partial charge in [0.15, 0.2) is 0 Å². The number of nitrogens with zero attached hydrogens (tertiary/aromatic N) is 4. The Morgan fingerprint density at radius 1 is 1.00 bits per heavy atom. The van der Waals surface area contributed by atoms with Crippen LogP contribution in [0.4, 0.5) is 26.1 Å². The van der Waals surface area contributed by atoms with E-state index in [1.807, 2.05) is 41.5 Å². The summed E-state index contributed by atoms with van der Waals surface area (Å²) >= 11 is 6.10. The Morgan fingerprint density at radius 2 is 1.71 bits per heavy atom. The van der Waals surface area contributed by atoms with Gasteiger partial charge in [-0.1, -0.05) is 53.1 Å². The van der Waals surface area contributed by atoms with Crippen LogP contribution in [0.5, 0.6) is 0 Å². The van der Waals surface area contributed by atoms with Crippen molar-refractivity contribution in [2.24, 2.45) is 0 Å². The third kappa shape index (κ3) is 7.45. The van der Waals surface area contributed by atoms with Crippen molar-refractivity contribution in [1.29, 1.82) is 0 Å². The first-order valence-electron chi connectivity index (χ1n) is 11.5. The summed E-state index contributed by atoms with van der Waals surface area (Å²) < 4.78 is 27.3. The average Bonchev–Trinajstić information content (AvgIpc) is 3.30. The van der Waals surface area contributed by atoms with Gasteiger partial charge >= 0.3 is 0 Å². The summed E-state index contributed by atoms with van der Waals surface area (Å²) in [4.78, 5) is 26.1. The van der Waals surface area contributed by atoms with Gasteiger partial charge in [0.25, 0.3) is 0 Å². The quantitative estimate of drug-likeness (QED) is 0.411. The number of amides is 1. The van der Waals surface area contributed by atoms with Gasteiger partial charge in [-0.2, -0.15) is 0 Å². The number of anilines is 3. The van der Waals surface area contributed by atoms with E-state index in [0.29, 0.717) is 24.3 Å². The van der Waals surface area contributed by atoms with Crippen molar-refractivity contribution in [3.63, 3.8) is 0 Å². The molecule has 1 aromatic carbocycles. The van der Waals surface area contributed by atoms with E-state index in [4.69, 9.17) is 11.6 Å². The second kappa shape index (κ2) is 14.9. The summed E-state index contributed by atoms with van der Waals surface area (Å²) in [6.07, 6.45) is 5.82. The van der Waals surface area contributed by atoms with Gasteiger partial charge in [-0.05, 0) is 24.6 Å². The van der Waals surface area contributed by atoms with Crippen LogP contribution in [0.25, 0.3) is 11.3 Å². The maximum atomic E-state index is 14.1. The van der Waals surface area contributed by atoms with Crippen molar-refractivity contribution in [2.75, 3.05) is 16.8 Å². The lowest BCUT2D eigenvalue weighted by atomic mass is 10.1. The standard InChI is InChI=1S/C19H14ClF2N5O.3C2H6/c20-15-10-24-19(26-18(15)14-4-3-11(21)6-16(14)22)25-12-7-13(9-23-8-12)27-5-1-2-17(27)28;3*1-2/h3-4,6-10H,1-2,5H2,(H,24,25,26);3*1-2H3. The van der Waals surface area contributed by atoms with Gasteiger partial charge in [-0.3, -0.25) is 9.78 Å². The molecule has 1 aliphatic heterocycles. The van der Waals surface area contributed by atoms with E-state index in [0.717, 1.165) is 18.6 Å². The number of hydrogen-bond donors (Lipinski definition) is 1. The monoisotopic (exact) mass is 491 g/mol. The first kappa shape index (κ1) is 28.9. The molecular weight excluding hydrogens is 460 g/mol. The number of pyridine rings is 1. The van der Waals surface area contributed by atoms with E-state index in [1.54, 1.807) is 23.4 Å². The number of nitrogens with one attached hydrogen (secondary N) is 1. The Labute approximate surface area is 205 Å². The molecule has 2 aromatic heterocycles. The molecule has 0 unspecified atom stereocenters. The third-order valence-corrected chi connectivity index (χ3v) is 4.57. The SMILES string of the molecule is CC.CC.CC.O=C1CCCN1c1cncc(Nc2ncc(Cl)c(-c3ccc(F)cc3F)n2)c1. The summed E-state index contributed by atoms with van der Waals surface area (Å²) in [6.45, 7) is 12.6. The number of benzene rings is 1. The third-order valence-electron chi connectivity index (χ3n) is 4.30. The molecule has 9 heteroatoms. The van der Waals surface area contributed by atoms with Gasteiger partial charge in [-0.25, -0.2) is 18.7 Å². The maximum absolute atomic E-state index is 14.1. The number of hydrogen-bond acceptors (Lipinski definition) is 5. The molecule has 0 spiro atoms. The lowest BCUT2D eigenvalue weighted by molar-refractivity contribution is -0.117. The van der Waals surface area contributed by atoms with Gasteiger partial charge in [0.2, 0.25) is 11.9 Å². The van der Waals surface area contributed by atoms with Crippen molar-refractivity contribution in [3.8, 4) is 11.3 Å². The largest absolute Gasteiger partial charge is 0.323 e. The highest BCUT2D eigenvalue weighted by atomic mass is 35.5. The molecule has 3 aromatic rings. The fraction of sp³-hybridized carbons (Fsp3) is 0.360. The lowest BCUT2D eigenvalue weighted by Crippen LogP contribution is -2.23. The van der Waals surface area contributed by atoms with E-state index in [2.05, 4.69) is 20.3 Å². The van der Waals surface area contributed by atoms with Gasteiger partial charge in [0, 0.05) is 24.6 Å². The molecule has 6 nitrogen and oxygen atoms in total. The molecule has 1 saturated heterocycles. The molecule has 4 rings (SSSR count). The molecule has 1 aliphatic rings. The highest BCUT2D eigenvalue weighted by Gasteiger charge is 2.22. The lowest BCUT2D eigenvalue weighted by Gasteiger charge is -2.16. The predicted octanol–water partition coefficient (Wildman–Crippen LogP) is 7.42. The maximum Gasteiger partial charge on any atom is 0.227 e. The molecule has 184 valence electrons. The summed E-state index contributed by atoms with van der Waals surface area (Å²) in [5.74, 6) is -1.25. The molecule has 0 saturated carbocycles. The zero-order valence-electron chi connectivity index (χ0n) is 20.5. The topological polar surface area (TPSA) is 71.0 Å². The molecule has 0 bridgehead atoms. The van der Waals surface area contributed by atoms with Crippen molar-refractivity contribution in [1.82, 2.24) is 15.0 Å². The van der Waals surface area contributed by atoms with Gasteiger partial charge in [0.05, 0.1) is 40.7 Å². The Bertz CT molecular complexity index is 1070. The Balaban J connectivity index is 0.000000894. The van der Waals surface area contributed by atoms with Crippen LogP contribution in [0.1, 0.15) is 54.4 Å². The molecular formula is C25H32ClF2N5O. The van der Waals surface area contributed by atoms with E-state index in [1.165, 1.54) is 12.3 Å². The smallest absolute Gasteiger partial charge is 0.227 e. The molecule has 0 radical (unpaired) electrons. The second-order valence-electron chi connectivity index (χ2n) is 6.22. The molecule has 0 atom stereocenters. The van der Waals surface area contributed by atoms with Crippen molar-refractivity contribution >= 4 is 34.8 Å². The minimum Gasteiger partial charge on any atom is -0.323 e. The number of carbonyl (C=O) groups excluding carboxylic acids is 1. The minimum absolute atomic E-state index is 0.0516. The van der Waals surface area contributed by atoms with E-state index < -0.39 is 11.6 Å².